The Balaban J connectivity index is 1.85. The molecule has 1 heteroatoms. The molecular formula is C16H25N. The third-order valence-electron chi connectivity index (χ3n) is 4.16. The zero-order valence-corrected chi connectivity index (χ0v) is 11.3. The normalized spacial score (nSPS) is 18.5. The molecular weight excluding hydrogens is 206 g/mol. The van der Waals surface area contributed by atoms with Crippen molar-refractivity contribution in [3.63, 3.8) is 0 Å². The Hall–Kier alpha value is -0.820. The molecule has 0 atom stereocenters. The number of rotatable bonds is 4. The fourth-order valence-corrected chi connectivity index (χ4v) is 2.86. The standard InChI is InChI=1S/C16H25N/c1-3-15-6-4-5-7-16(15)9-8-14-10-12-17(2)13-11-14/h4-7,14H,3,8-13H2,1-2H3. The molecule has 0 radical (unpaired) electrons. The van der Waals surface area contributed by atoms with Crippen molar-refractivity contribution >= 4 is 0 Å². The van der Waals surface area contributed by atoms with Crippen molar-refractivity contribution < 1.29 is 0 Å². The molecule has 94 valence electrons. The third-order valence-corrected chi connectivity index (χ3v) is 4.16. The van der Waals surface area contributed by atoms with Crippen molar-refractivity contribution in [3.05, 3.63) is 35.4 Å². The Kier molecular flexibility index (Phi) is 4.61. The lowest BCUT2D eigenvalue weighted by molar-refractivity contribution is 0.212. The van der Waals surface area contributed by atoms with E-state index in [1.807, 2.05) is 0 Å². The molecule has 1 aliphatic heterocycles. The van der Waals surface area contributed by atoms with Gasteiger partial charge in [-0.3, -0.25) is 0 Å². The van der Waals surface area contributed by atoms with Crippen LogP contribution in [0.3, 0.4) is 0 Å². The van der Waals surface area contributed by atoms with Crippen molar-refractivity contribution in [2.75, 3.05) is 20.1 Å². The summed E-state index contributed by atoms with van der Waals surface area (Å²) in [5.74, 6) is 0.955. The molecule has 17 heavy (non-hydrogen) atoms. The fourth-order valence-electron chi connectivity index (χ4n) is 2.86. The van der Waals surface area contributed by atoms with Crippen LogP contribution in [0, 0.1) is 5.92 Å². The molecule has 2 rings (SSSR count). The van der Waals surface area contributed by atoms with Gasteiger partial charge >= 0.3 is 0 Å². The Morgan fingerprint density at radius 2 is 1.76 bits per heavy atom. The average Bonchev–Trinajstić information content (AvgIpc) is 2.38. The van der Waals surface area contributed by atoms with E-state index in [-0.39, 0.29) is 0 Å². The Morgan fingerprint density at radius 1 is 1.12 bits per heavy atom. The first kappa shape index (κ1) is 12.6. The highest BCUT2D eigenvalue weighted by molar-refractivity contribution is 5.27. The van der Waals surface area contributed by atoms with Gasteiger partial charge in [0.2, 0.25) is 0 Å². The third kappa shape index (κ3) is 3.57. The van der Waals surface area contributed by atoms with Gasteiger partial charge in [0.15, 0.2) is 0 Å². The van der Waals surface area contributed by atoms with Gasteiger partial charge in [-0.1, -0.05) is 31.2 Å². The number of likely N-dealkylation sites (tertiary alicyclic amines) is 1. The largest absolute Gasteiger partial charge is 0.306 e. The van der Waals surface area contributed by atoms with Gasteiger partial charge in [0.25, 0.3) is 0 Å². The molecule has 1 aromatic rings. The van der Waals surface area contributed by atoms with E-state index >= 15 is 0 Å². The van der Waals surface area contributed by atoms with E-state index in [0.717, 1.165) is 5.92 Å². The maximum absolute atomic E-state index is 2.45. The second-order valence-corrected chi connectivity index (χ2v) is 5.41. The summed E-state index contributed by atoms with van der Waals surface area (Å²) >= 11 is 0. The van der Waals surface area contributed by atoms with Gasteiger partial charge in [0, 0.05) is 0 Å². The van der Waals surface area contributed by atoms with Crippen LogP contribution in [0.5, 0.6) is 0 Å². The van der Waals surface area contributed by atoms with Gasteiger partial charge in [-0.25, -0.2) is 0 Å². The highest BCUT2D eigenvalue weighted by Crippen LogP contribution is 2.22. The molecule has 1 aromatic carbocycles. The van der Waals surface area contributed by atoms with Crippen molar-refractivity contribution in [1.29, 1.82) is 0 Å². The summed E-state index contributed by atoms with van der Waals surface area (Å²) in [6, 6.07) is 8.94. The number of piperidine rings is 1. The van der Waals surface area contributed by atoms with Gasteiger partial charge in [0.05, 0.1) is 0 Å². The van der Waals surface area contributed by atoms with E-state index in [4.69, 9.17) is 0 Å². The van der Waals surface area contributed by atoms with E-state index in [0.29, 0.717) is 0 Å². The SMILES string of the molecule is CCc1ccccc1CCC1CCN(C)CC1. The Bertz CT molecular complexity index is 337. The van der Waals surface area contributed by atoms with Gasteiger partial charge in [0.1, 0.15) is 0 Å². The lowest BCUT2D eigenvalue weighted by Gasteiger charge is -2.29. The molecule has 0 N–H and O–H groups in total. The van der Waals surface area contributed by atoms with E-state index in [1.54, 1.807) is 11.1 Å². The van der Waals surface area contributed by atoms with Crippen LogP contribution in [0.2, 0.25) is 0 Å². The molecule has 1 saturated heterocycles. The topological polar surface area (TPSA) is 3.24 Å². The molecule has 0 spiro atoms. The first-order chi connectivity index (χ1) is 8.29. The van der Waals surface area contributed by atoms with Crippen LogP contribution in [-0.4, -0.2) is 25.0 Å². The molecule has 0 amide bonds. The molecule has 0 bridgehead atoms. The second-order valence-electron chi connectivity index (χ2n) is 5.41. The van der Waals surface area contributed by atoms with Gasteiger partial charge < -0.3 is 4.90 Å². The predicted molar refractivity (Wildman–Crippen MR) is 74.4 cm³/mol. The second kappa shape index (κ2) is 6.20. The maximum Gasteiger partial charge on any atom is -0.00191 e. The molecule has 1 fully saturated rings. The predicted octanol–water partition coefficient (Wildman–Crippen LogP) is 3.52. The Morgan fingerprint density at radius 3 is 2.41 bits per heavy atom. The lowest BCUT2D eigenvalue weighted by Crippen LogP contribution is -2.30. The molecule has 1 heterocycles. The summed E-state index contributed by atoms with van der Waals surface area (Å²) < 4.78 is 0. The summed E-state index contributed by atoms with van der Waals surface area (Å²) in [6.45, 7) is 4.84. The minimum Gasteiger partial charge on any atom is -0.306 e. The summed E-state index contributed by atoms with van der Waals surface area (Å²) in [5, 5.41) is 0. The number of benzene rings is 1. The summed E-state index contributed by atoms with van der Waals surface area (Å²) in [5.41, 5.74) is 3.12. The van der Waals surface area contributed by atoms with Crippen LogP contribution < -0.4 is 0 Å². The van der Waals surface area contributed by atoms with E-state index in [2.05, 4.69) is 43.1 Å². The zero-order chi connectivity index (χ0) is 12.1. The van der Waals surface area contributed by atoms with Crippen molar-refractivity contribution in [2.24, 2.45) is 5.92 Å². The van der Waals surface area contributed by atoms with Crippen LogP contribution in [0.25, 0.3) is 0 Å². The van der Waals surface area contributed by atoms with E-state index in [1.165, 1.54) is 45.2 Å². The summed E-state index contributed by atoms with van der Waals surface area (Å²) in [4.78, 5) is 2.45. The minimum atomic E-state index is 0.955. The maximum atomic E-state index is 2.45. The van der Waals surface area contributed by atoms with Crippen LogP contribution >= 0.6 is 0 Å². The van der Waals surface area contributed by atoms with Crippen LogP contribution in [0.15, 0.2) is 24.3 Å². The Labute approximate surface area is 106 Å². The molecule has 1 nitrogen and oxygen atoms in total. The van der Waals surface area contributed by atoms with Gasteiger partial charge in [-0.2, -0.15) is 0 Å². The van der Waals surface area contributed by atoms with E-state index in [9.17, 15) is 0 Å². The minimum absolute atomic E-state index is 0.955. The van der Waals surface area contributed by atoms with Gasteiger partial charge in [-0.15, -0.1) is 0 Å². The van der Waals surface area contributed by atoms with Gasteiger partial charge in [-0.05, 0) is 69.3 Å². The average molecular weight is 231 g/mol. The molecule has 1 aliphatic rings. The first-order valence-corrected chi connectivity index (χ1v) is 7.05. The van der Waals surface area contributed by atoms with Crippen LogP contribution in [0.4, 0.5) is 0 Å². The quantitative estimate of drug-likeness (QED) is 0.766. The van der Waals surface area contributed by atoms with Crippen molar-refractivity contribution in [3.8, 4) is 0 Å². The van der Waals surface area contributed by atoms with Crippen LogP contribution in [0.1, 0.15) is 37.3 Å². The molecule has 0 unspecified atom stereocenters. The summed E-state index contributed by atoms with van der Waals surface area (Å²) in [6.07, 6.45) is 6.61. The zero-order valence-electron chi connectivity index (χ0n) is 11.3. The van der Waals surface area contributed by atoms with Crippen molar-refractivity contribution in [2.45, 2.75) is 39.0 Å². The highest BCUT2D eigenvalue weighted by atomic mass is 15.1. The monoisotopic (exact) mass is 231 g/mol. The molecule has 0 saturated carbocycles. The van der Waals surface area contributed by atoms with Crippen LogP contribution in [-0.2, 0) is 12.8 Å². The first-order valence-electron chi connectivity index (χ1n) is 7.05. The van der Waals surface area contributed by atoms with Crippen molar-refractivity contribution in [1.82, 2.24) is 4.90 Å². The summed E-state index contributed by atoms with van der Waals surface area (Å²) in [7, 11) is 2.24. The van der Waals surface area contributed by atoms with E-state index < -0.39 is 0 Å². The molecule has 0 aliphatic carbocycles. The lowest BCUT2D eigenvalue weighted by atomic mass is 9.89. The highest BCUT2D eigenvalue weighted by Gasteiger charge is 2.16. The number of hydrogen-bond donors (Lipinski definition) is 0. The number of nitrogens with zero attached hydrogens (tertiary/aromatic N) is 1. The number of hydrogen-bond acceptors (Lipinski definition) is 1. The fraction of sp³-hybridized carbons (Fsp3) is 0.625. The molecule has 0 aromatic heterocycles. The number of aryl methyl sites for hydroxylation is 2. The smallest absolute Gasteiger partial charge is 0.00191 e.